The Bertz CT molecular complexity index is 811. The number of nitrogens with zero attached hydrogens (tertiary/aromatic N) is 1. The highest BCUT2D eigenvalue weighted by Crippen LogP contribution is 2.44. The van der Waals surface area contributed by atoms with Gasteiger partial charge >= 0.3 is 0 Å². The van der Waals surface area contributed by atoms with Crippen LogP contribution in [-0.2, 0) is 16.8 Å². The summed E-state index contributed by atoms with van der Waals surface area (Å²) in [6.07, 6.45) is 0. The van der Waals surface area contributed by atoms with Crippen molar-refractivity contribution in [2.45, 2.75) is 12.1 Å². The Morgan fingerprint density at radius 1 is 1.17 bits per heavy atom. The van der Waals surface area contributed by atoms with Gasteiger partial charge in [-0.15, -0.1) is 0 Å². The predicted octanol–water partition coefficient (Wildman–Crippen LogP) is 1.67. The lowest BCUT2D eigenvalue weighted by Gasteiger charge is -2.45. The van der Waals surface area contributed by atoms with Crippen LogP contribution in [-0.4, -0.2) is 29.9 Å². The quantitative estimate of drug-likeness (QED) is 0.937. The van der Waals surface area contributed by atoms with Crippen molar-refractivity contribution in [3.63, 3.8) is 0 Å². The monoisotopic (exact) mass is 308 g/mol. The first-order chi connectivity index (χ1) is 11.1. The van der Waals surface area contributed by atoms with Crippen LogP contribution in [0.5, 0.6) is 0 Å². The number of hydrogen-bond acceptors (Lipinski definition) is 3. The molecule has 116 valence electrons. The van der Waals surface area contributed by atoms with E-state index in [2.05, 4.69) is 0 Å². The highest BCUT2D eigenvalue weighted by atomic mass is 16.5. The van der Waals surface area contributed by atoms with Gasteiger partial charge in [-0.1, -0.05) is 30.3 Å². The topological polar surface area (TPSA) is 72.6 Å². The number of ether oxygens (including phenoxy) is 1. The molecule has 2 N–H and O–H groups in total. The minimum absolute atomic E-state index is 0.00776. The van der Waals surface area contributed by atoms with Crippen molar-refractivity contribution in [2.75, 3.05) is 13.2 Å². The molecule has 0 saturated carbocycles. The molecule has 2 heterocycles. The number of amides is 2. The first kappa shape index (κ1) is 14.0. The largest absolute Gasteiger partial charge is 0.376 e. The minimum Gasteiger partial charge on any atom is -0.376 e. The van der Waals surface area contributed by atoms with Gasteiger partial charge in [-0.25, -0.2) is 0 Å². The normalized spacial score (nSPS) is 17.9. The molecule has 5 heteroatoms. The number of carbonyl (C=O) groups excluding carboxylic acids is 2. The zero-order valence-corrected chi connectivity index (χ0v) is 12.5. The van der Waals surface area contributed by atoms with Crippen molar-refractivity contribution in [3.8, 4) is 0 Å². The SMILES string of the molecule is NC(=O)c1cccc(CN2C(=O)c3ccccc3C23COC3)c1. The number of primary amides is 1. The number of nitrogens with two attached hydrogens (primary N) is 1. The lowest BCUT2D eigenvalue weighted by molar-refractivity contribution is -0.127. The van der Waals surface area contributed by atoms with E-state index < -0.39 is 5.91 Å². The van der Waals surface area contributed by atoms with Gasteiger partial charge in [0.25, 0.3) is 5.91 Å². The molecule has 23 heavy (non-hydrogen) atoms. The molecule has 2 aromatic carbocycles. The minimum atomic E-state index is -0.468. The van der Waals surface area contributed by atoms with Gasteiger partial charge in [-0.3, -0.25) is 9.59 Å². The molecular weight excluding hydrogens is 292 g/mol. The lowest BCUT2D eigenvalue weighted by atomic mass is 9.87. The molecule has 1 fully saturated rings. The molecule has 2 aromatic rings. The van der Waals surface area contributed by atoms with Gasteiger partial charge in [0.2, 0.25) is 5.91 Å². The molecule has 1 spiro atoms. The summed E-state index contributed by atoms with van der Waals surface area (Å²) in [6, 6.07) is 14.8. The first-order valence-corrected chi connectivity index (χ1v) is 7.50. The Morgan fingerprint density at radius 3 is 2.65 bits per heavy atom. The Labute approximate surface area is 133 Å². The lowest BCUT2D eigenvalue weighted by Crippen LogP contribution is -2.57. The van der Waals surface area contributed by atoms with Crippen LogP contribution < -0.4 is 5.73 Å². The van der Waals surface area contributed by atoms with E-state index in [1.54, 1.807) is 18.2 Å². The molecule has 5 nitrogen and oxygen atoms in total. The molecular formula is C18H16N2O3. The van der Waals surface area contributed by atoms with Crippen LogP contribution in [0, 0.1) is 0 Å². The molecule has 2 amide bonds. The third-order valence-corrected chi connectivity index (χ3v) is 4.65. The smallest absolute Gasteiger partial charge is 0.255 e. The van der Waals surface area contributed by atoms with E-state index in [0.717, 1.165) is 16.7 Å². The Morgan fingerprint density at radius 2 is 1.96 bits per heavy atom. The van der Waals surface area contributed by atoms with Crippen molar-refractivity contribution in [3.05, 3.63) is 70.8 Å². The zero-order valence-electron chi connectivity index (χ0n) is 12.5. The highest BCUT2D eigenvalue weighted by Gasteiger charge is 2.54. The van der Waals surface area contributed by atoms with Gasteiger partial charge in [-0.05, 0) is 29.3 Å². The van der Waals surface area contributed by atoms with Crippen LogP contribution in [0.4, 0.5) is 0 Å². The maximum atomic E-state index is 12.8. The summed E-state index contributed by atoms with van der Waals surface area (Å²) in [6.45, 7) is 1.44. The maximum absolute atomic E-state index is 12.8. The highest BCUT2D eigenvalue weighted by molar-refractivity contribution is 6.00. The van der Waals surface area contributed by atoms with Gasteiger partial charge < -0.3 is 15.4 Å². The summed E-state index contributed by atoms with van der Waals surface area (Å²) in [5, 5.41) is 0. The Kier molecular flexibility index (Phi) is 2.99. The number of benzene rings is 2. The molecule has 0 unspecified atom stereocenters. The number of fused-ring (bicyclic) bond motifs is 2. The molecule has 0 atom stereocenters. The average Bonchev–Trinajstić information content (AvgIpc) is 2.77. The van der Waals surface area contributed by atoms with Crippen molar-refractivity contribution < 1.29 is 14.3 Å². The summed E-state index contributed by atoms with van der Waals surface area (Å²) in [7, 11) is 0. The molecule has 1 saturated heterocycles. The van der Waals surface area contributed by atoms with Crippen molar-refractivity contribution >= 4 is 11.8 Å². The van der Waals surface area contributed by atoms with Crippen LogP contribution in [0.15, 0.2) is 48.5 Å². The van der Waals surface area contributed by atoms with E-state index in [1.807, 2.05) is 35.2 Å². The van der Waals surface area contributed by atoms with E-state index in [-0.39, 0.29) is 11.4 Å². The third-order valence-electron chi connectivity index (χ3n) is 4.65. The summed E-state index contributed by atoms with van der Waals surface area (Å²) < 4.78 is 5.43. The first-order valence-electron chi connectivity index (χ1n) is 7.50. The molecule has 4 rings (SSSR count). The van der Waals surface area contributed by atoms with Crippen LogP contribution in [0.3, 0.4) is 0 Å². The molecule has 0 aliphatic carbocycles. The predicted molar refractivity (Wildman–Crippen MR) is 83.8 cm³/mol. The number of carbonyl (C=O) groups is 2. The van der Waals surface area contributed by atoms with Crippen LogP contribution in [0.2, 0.25) is 0 Å². The molecule has 0 aromatic heterocycles. The maximum Gasteiger partial charge on any atom is 0.255 e. The van der Waals surface area contributed by atoms with Gasteiger partial charge in [0, 0.05) is 17.7 Å². The van der Waals surface area contributed by atoms with E-state index >= 15 is 0 Å². The second kappa shape index (κ2) is 4.93. The fourth-order valence-electron chi connectivity index (χ4n) is 3.40. The van der Waals surface area contributed by atoms with Gasteiger partial charge in [0.05, 0.1) is 13.2 Å². The number of rotatable bonds is 3. The summed E-state index contributed by atoms with van der Waals surface area (Å²) in [4.78, 5) is 26.0. The Hall–Kier alpha value is -2.66. The third kappa shape index (κ3) is 1.97. The standard InChI is InChI=1S/C18H16N2O3/c19-16(21)13-5-3-4-12(8-13)9-20-17(22)14-6-1-2-7-15(14)18(20)10-23-11-18/h1-8H,9-11H2,(H2,19,21). The summed E-state index contributed by atoms with van der Waals surface area (Å²) in [5.41, 5.74) is 8.06. The van der Waals surface area contributed by atoms with E-state index in [0.29, 0.717) is 25.3 Å². The van der Waals surface area contributed by atoms with E-state index in [9.17, 15) is 9.59 Å². The molecule has 2 aliphatic heterocycles. The van der Waals surface area contributed by atoms with Crippen molar-refractivity contribution in [2.24, 2.45) is 5.73 Å². The van der Waals surface area contributed by atoms with Gasteiger partial charge in [0.15, 0.2) is 0 Å². The van der Waals surface area contributed by atoms with E-state index in [4.69, 9.17) is 10.5 Å². The van der Waals surface area contributed by atoms with Crippen LogP contribution >= 0.6 is 0 Å². The van der Waals surface area contributed by atoms with Crippen molar-refractivity contribution in [1.82, 2.24) is 4.90 Å². The molecule has 0 radical (unpaired) electrons. The summed E-state index contributed by atoms with van der Waals surface area (Å²) >= 11 is 0. The second-order valence-electron chi connectivity index (χ2n) is 6.03. The number of hydrogen-bond donors (Lipinski definition) is 1. The Balaban J connectivity index is 1.71. The van der Waals surface area contributed by atoms with Crippen LogP contribution in [0.25, 0.3) is 0 Å². The van der Waals surface area contributed by atoms with Gasteiger partial charge in [-0.2, -0.15) is 0 Å². The van der Waals surface area contributed by atoms with Crippen molar-refractivity contribution in [1.29, 1.82) is 0 Å². The second-order valence-corrected chi connectivity index (χ2v) is 6.03. The fourth-order valence-corrected chi connectivity index (χ4v) is 3.40. The molecule has 0 bridgehead atoms. The molecule has 2 aliphatic rings. The summed E-state index contributed by atoms with van der Waals surface area (Å²) in [5.74, 6) is -0.460. The van der Waals surface area contributed by atoms with Gasteiger partial charge in [0.1, 0.15) is 5.54 Å². The zero-order chi connectivity index (χ0) is 16.0. The average molecular weight is 308 g/mol. The van der Waals surface area contributed by atoms with Crippen LogP contribution in [0.1, 0.15) is 31.8 Å². The van der Waals surface area contributed by atoms with E-state index in [1.165, 1.54) is 0 Å². The fraction of sp³-hybridized carbons (Fsp3) is 0.222.